The number of pyridine rings is 1. The van der Waals surface area contributed by atoms with Crippen molar-refractivity contribution in [2.45, 2.75) is 18.8 Å². The molecule has 1 aliphatic heterocycles. The van der Waals surface area contributed by atoms with Gasteiger partial charge in [0.25, 0.3) is 0 Å². The summed E-state index contributed by atoms with van der Waals surface area (Å²) in [5.74, 6) is 1.62. The van der Waals surface area contributed by atoms with E-state index in [-0.39, 0.29) is 0 Å². The average molecular weight is 240 g/mol. The summed E-state index contributed by atoms with van der Waals surface area (Å²) in [6, 6.07) is 8.14. The van der Waals surface area contributed by atoms with Crippen molar-refractivity contribution in [1.29, 1.82) is 0 Å². The van der Waals surface area contributed by atoms with E-state index < -0.39 is 0 Å². The highest BCUT2D eigenvalue weighted by molar-refractivity contribution is 5.37. The van der Waals surface area contributed by atoms with Gasteiger partial charge in [0.2, 0.25) is 0 Å². The van der Waals surface area contributed by atoms with Gasteiger partial charge < -0.3 is 4.90 Å². The lowest BCUT2D eigenvalue weighted by Crippen LogP contribution is -2.33. The molecule has 2 aromatic heterocycles. The van der Waals surface area contributed by atoms with Crippen molar-refractivity contribution < 1.29 is 0 Å². The minimum atomic E-state index is 0.587. The Morgan fingerprint density at radius 2 is 1.89 bits per heavy atom. The van der Waals surface area contributed by atoms with Crippen molar-refractivity contribution in [1.82, 2.24) is 15.0 Å². The minimum absolute atomic E-state index is 0.587. The molecule has 0 unspecified atom stereocenters. The van der Waals surface area contributed by atoms with Crippen LogP contribution in [0.1, 0.15) is 24.5 Å². The summed E-state index contributed by atoms with van der Waals surface area (Å²) in [5.41, 5.74) is 1.22. The molecule has 18 heavy (non-hydrogen) atoms. The quantitative estimate of drug-likeness (QED) is 0.807. The van der Waals surface area contributed by atoms with Gasteiger partial charge in [-0.3, -0.25) is 4.98 Å². The van der Waals surface area contributed by atoms with E-state index in [1.807, 2.05) is 18.3 Å². The summed E-state index contributed by atoms with van der Waals surface area (Å²) >= 11 is 0. The molecule has 0 aliphatic carbocycles. The minimum Gasteiger partial charge on any atom is -0.356 e. The van der Waals surface area contributed by atoms with E-state index >= 15 is 0 Å². The van der Waals surface area contributed by atoms with E-state index in [9.17, 15) is 0 Å². The van der Waals surface area contributed by atoms with Crippen LogP contribution in [0.2, 0.25) is 0 Å². The average Bonchev–Trinajstić information content (AvgIpc) is 2.49. The molecule has 0 aromatic carbocycles. The molecule has 0 bridgehead atoms. The molecule has 1 aliphatic rings. The molecule has 0 N–H and O–H groups in total. The van der Waals surface area contributed by atoms with Crippen molar-refractivity contribution in [3.05, 3.63) is 48.7 Å². The van der Waals surface area contributed by atoms with E-state index in [0.29, 0.717) is 5.92 Å². The van der Waals surface area contributed by atoms with Gasteiger partial charge in [-0.2, -0.15) is 0 Å². The third-order valence-electron chi connectivity index (χ3n) is 3.49. The van der Waals surface area contributed by atoms with Crippen molar-refractivity contribution in [3.8, 4) is 0 Å². The first-order valence-electron chi connectivity index (χ1n) is 6.35. The van der Waals surface area contributed by atoms with Gasteiger partial charge in [-0.05, 0) is 31.0 Å². The first-order chi connectivity index (χ1) is 8.93. The normalized spacial score (nSPS) is 16.8. The molecular formula is C14H16N4. The second-order valence-corrected chi connectivity index (χ2v) is 4.58. The van der Waals surface area contributed by atoms with Crippen molar-refractivity contribution in [2.24, 2.45) is 0 Å². The number of rotatable bonds is 2. The largest absolute Gasteiger partial charge is 0.356 e. The Kier molecular flexibility index (Phi) is 3.17. The molecule has 4 nitrogen and oxygen atoms in total. The predicted molar refractivity (Wildman–Crippen MR) is 70.5 cm³/mol. The van der Waals surface area contributed by atoms with E-state index in [0.717, 1.165) is 31.7 Å². The Morgan fingerprint density at radius 1 is 1.00 bits per heavy atom. The first-order valence-corrected chi connectivity index (χ1v) is 6.35. The molecule has 92 valence electrons. The molecule has 0 saturated carbocycles. The summed E-state index contributed by atoms with van der Waals surface area (Å²) in [6.07, 6.45) is 7.57. The fraction of sp³-hybridized carbons (Fsp3) is 0.357. The third kappa shape index (κ3) is 2.32. The number of piperidine rings is 1. The molecule has 0 radical (unpaired) electrons. The van der Waals surface area contributed by atoms with Gasteiger partial charge in [-0.15, -0.1) is 0 Å². The molecule has 0 spiro atoms. The number of hydrogen-bond donors (Lipinski definition) is 0. The van der Waals surface area contributed by atoms with E-state index in [2.05, 4.69) is 32.0 Å². The van der Waals surface area contributed by atoms with Crippen LogP contribution in [0.5, 0.6) is 0 Å². The lowest BCUT2D eigenvalue weighted by molar-refractivity contribution is 0.493. The number of aromatic nitrogens is 3. The van der Waals surface area contributed by atoms with Crippen molar-refractivity contribution in [2.75, 3.05) is 18.0 Å². The highest BCUT2D eigenvalue weighted by Gasteiger charge is 2.21. The van der Waals surface area contributed by atoms with Gasteiger partial charge in [-0.25, -0.2) is 9.97 Å². The Bertz CT molecular complexity index is 430. The summed E-state index contributed by atoms with van der Waals surface area (Å²) < 4.78 is 0. The highest BCUT2D eigenvalue weighted by Crippen LogP contribution is 2.28. The predicted octanol–water partition coefficient (Wildman–Crippen LogP) is 2.26. The Morgan fingerprint density at radius 3 is 2.56 bits per heavy atom. The molecule has 3 rings (SSSR count). The summed E-state index contributed by atoms with van der Waals surface area (Å²) in [6.45, 7) is 2.08. The molecule has 3 heterocycles. The Hall–Kier alpha value is -1.97. The zero-order valence-electron chi connectivity index (χ0n) is 10.2. The number of hydrogen-bond acceptors (Lipinski definition) is 4. The fourth-order valence-electron chi connectivity index (χ4n) is 2.49. The standard InChI is InChI=1S/C14H16N4/c1-2-7-16-13(3-1)12-5-9-18(10-6-12)14-4-8-15-11-17-14/h1-4,7-8,11-12H,5-6,9-10H2. The van der Waals surface area contributed by atoms with Crippen LogP contribution in [0.3, 0.4) is 0 Å². The maximum Gasteiger partial charge on any atom is 0.131 e. The zero-order chi connectivity index (χ0) is 12.2. The van der Waals surface area contributed by atoms with Gasteiger partial charge >= 0.3 is 0 Å². The van der Waals surface area contributed by atoms with Gasteiger partial charge in [0.15, 0.2) is 0 Å². The van der Waals surface area contributed by atoms with Crippen molar-refractivity contribution in [3.63, 3.8) is 0 Å². The molecule has 2 aromatic rings. The maximum absolute atomic E-state index is 4.46. The van der Waals surface area contributed by atoms with E-state index in [1.54, 1.807) is 12.5 Å². The van der Waals surface area contributed by atoms with E-state index in [1.165, 1.54) is 5.69 Å². The summed E-state index contributed by atoms with van der Waals surface area (Å²) in [7, 11) is 0. The van der Waals surface area contributed by atoms with Crippen LogP contribution in [0.4, 0.5) is 5.82 Å². The fourth-order valence-corrected chi connectivity index (χ4v) is 2.49. The molecular weight excluding hydrogens is 224 g/mol. The van der Waals surface area contributed by atoms with Crippen LogP contribution in [0.15, 0.2) is 43.0 Å². The summed E-state index contributed by atoms with van der Waals surface area (Å²) in [5, 5.41) is 0. The molecule has 1 saturated heterocycles. The van der Waals surface area contributed by atoms with Crippen molar-refractivity contribution >= 4 is 5.82 Å². The Labute approximate surface area is 107 Å². The monoisotopic (exact) mass is 240 g/mol. The van der Waals surface area contributed by atoms with E-state index in [4.69, 9.17) is 0 Å². The molecule has 0 amide bonds. The molecule has 0 atom stereocenters. The van der Waals surface area contributed by atoms with Crippen LogP contribution in [-0.2, 0) is 0 Å². The topological polar surface area (TPSA) is 41.9 Å². The van der Waals surface area contributed by atoms with Crippen LogP contribution in [0, 0.1) is 0 Å². The zero-order valence-corrected chi connectivity index (χ0v) is 10.2. The smallest absolute Gasteiger partial charge is 0.131 e. The first kappa shape index (κ1) is 11.1. The van der Waals surface area contributed by atoms with Crippen LogP contribution >= 0.6 is 0 Å². The third-order valence-corrected chi connectivity index (χ3v) is 3.49. The van der Waals surface area contributed by atoms with Gasteiger partial charge in [0.1, 0.15) is 12.1 Å². The van der Waals surface area contributed by atoms with Gasteiger partial charge in [0.05, 0.1) is 0 Å². The Balaban J connectivity index is 1.65. The lowest BCUT2D eigenvalue weighted by Gasteiger charge is -2.32. The second kappa shape index (κ2) is 5.12. The van der Waals surface area contributed by atoms with Gasteiger partial charge in [-0.1, -0.05) is 6.07 Å². The summed E-state index contributed by atoms with van der Waals surface area (Å²) in [4.78, 5) is 15.0. The van der Waals surface area contributed by atoms with Crippen LogP contribution < -0.4 is 4.90 Å². The van der Waals surface area contributed by atoms with Crippen LogP contribution in [-0.4, -0.2) is 28.0 Å². The van der Waals surface area contributed by atoms with Gasteiger partial charge in [0, 0.05) is 37.1 Å². The maximum atomic E-state index is 4.46. The molecule has 1 fully saturated rings. The number of anilines is 1. The highest BCUT2D eigenvalue weighted by atomic mass is 15.2. The second-order valence-electron chi connectivity index (χ2n) is 4.58. The SMILES string of the molecule is c1ccc(C2CCN(c3ccncn3)CC2)nc1. The van der Waals surface area contributed by atoms with Crippen LogP contribution in [0.25, 0.3) is 0 Å². The number of nitrogens with zero attached hydrogens (tertiary/aromatic N) is 4. The molecule has 4 heteroatoms. The lowest BCUT2D eigenvalue weighted by atomic mass is 9.93.